The highest BCUT2D eigenvalue weighted by Gasteiger charge is 2.30. The van der Waals surface area contributed by atoms with Crippen molar-refractivity contribution in [3.8, 4) is 0 Å². The van der Waals surface area contributed by atoms with E-state index in [9.17, 15) is 9.59 Å². The van der Waals surface area contributed by atoms with Gasteiger partial charge >= 0.3 is 0 Å². The van der Waals surface area contributed by atoms with E-state index in [1.807, 2.05) is 66.6 Å². The first-order valence-electron chi connectivity index (χ1n) is 8.36. The number of hydrogen-bond donors (Lipinski definition) is 1. The second-order valence-electron chi connectivity index (χ2n) is 6.32. The summed E-state index contributed by atoms with van der Waals surface area (Å²) in [4.78, 5) is 27.5. The van der Waals surface area contributed by atoms with Crippen LogP contribution >= 0.6 is 11.8 Å². The van der Waals surface area contributed by atoms with Gasteiger partial charge in [0.1, 0.15) is 0 Å². The molecule has 0 aromatic heterocycles. The summed E-state index contributed by atoms with van der Waals surface area (Å²) in [6.45, 7) is 3.18. The van der Waals surface area contributed by atoms with E-state index in [1.165, 1.54) is 5.56 Å². The van der Waals surface area contributed by atoms with Crippen molar-refractivity contribution in [2.45, 2.75) is 18.2 Å². The first-order chi connectivity index (χ1) is 12.1. The first kappa shape index (κ1) is 17.5. The average Bonchev–Trinajstić information content (AvgIpc) is 3.01. The van der Waals surface area contributed by atoms with Crippen molar-refractivity contribution < 1.29 is 9.59 Å². The van der Waals surface area contributed by atoms with E-state index in [4.69, 9.17) is 0 Å². The van der Waals surface area contributed by atoms with Crippen molar-refractivity contribution in [1.82, 2.24) is 5.32 Å². The molecule has 130 valence electrons. The fourth-order valence-electron chi connectivity index (χ4n) is 3.06. The minimum Gasteiger partial charge on any atom is -0.352 e. The molecule has 1 saturated heterocycles. The van der Waals surface area contributed by atoms with Crippen molar-refractivity contribution in [3.05, 3.63) is 59.7 Å². The Labute approximate surface area is 152 Å². The molecule has 2 aromatic rings. The fraction of sp³-hybridized carbons (Fsp3) is 0.300. The molecule has 4 nitrogen and oxygen atoms in total. The van der Waals surface area contributed by atoms with Crippen LogP contribution in [0.1, 0.15) is 22.3 Å². The Balaban J connectivity index is 1.60. The number of aryl methyl sites for hydroxylation is 1. The van der Waals surface area contributed by atoms with Crippen LogP contribution in [-0.4, -0.2) is 31.2 Å². The predicted octanol–water partition coefficient (Wildman–Crippen LogP) is 3.50. The Morgan fingerprint density at radius 2 is 1.92 bits per heavy atom. The van der Waals surface area contributed by atoms with Crippen molar-refractivity contribution in [2.75, 3.05) is 24.2 Å². The lowest BCUT2D eigenvalue weighted by molar-refractivity contribution is -0.117. The van der Waals surface area contributed by atoms with Gasteiger partial charge in [-0.1, -0.05) is 29.8 Å². The van der Waals surface area contributed by atoms with Gasteiger partial charge in [-0.05, 0) is 37.4 Å². The molecule has 2 amide bonds. The number of carbonyl (C=O) groups excluding carboxylic acids is 2. The van der Waals surface area contributed by atoms with Crippen molar-refractivity contribution in [2.24, 2.45) is 5.92 Å². The van der Waals surface area contributed by atoms with Gasteiger partial charge < -0.3 is 10.2 Å². The molecule has 0 saturated carbocycles. The number of rotatable bonds is 5. The van der Waals surface area contributed by atoms with E-state index in [2.05, 4.69) is 5.32 Å². The molecule has 1 aliphatic heterocycles. The molecule has 0 bridgehead atoms. The van der Waals surface area contributed by atoms with Crippen LogP contribution in [0.15, 0.2) is 53.4 Å². The molecule has 25 heavy (non-hydrogen) atoms. The Morgan fingerprint density at radius 3 is 2.64 bits per heavy atom. The van der Waals surface area contributed by atoms with Crippen LogP contribution in [0.2, 0.25) is 0 Å². The molecule has 0 aliphatic carbocycles. The van der Waals surface area contributed by atoms with E-state index in [-0.39, 0.29) is 17.7 Å². The van der Waals surface area contributed by atoms with E-state index < -0.39 is 0 Å². The van der Waals surface area contributed by atoms with Crippen LogP contribution in [0.5, 0.6) is 0 Å². The summed E-state index contributed by atoms with van der Waals surface area (Å²) < 4.78 is 0. The molecule has 0 spiro atoms. The lowest BCUT2D eigenvalue weighted by atomic mass is 10.1. The second kappa shape index (κ2) is 7.74. The molecule has 1 atom stereocenters. The highest BCUT2D eigenvalue weighted by Crippen LogP contribution is 2.25. The molecule has 1 fully saturated rings. The highest BCUT2D eigenvalue weighted by molar-refractivity contribution is 7.98. The molecule has 1 heterocycles. The predicted molar refractivity (Wildman–Crippen MR) is 102 cm³/mol. The Hall–Kier alpha value is -2.27. The maximum Gasteiger partial charge on any atom is 0.252 e. The summed E-state index contributed by atoms with van der Waals surface area (Å²) in [7, 11) is 0. The summed E-state index contributed by atoms with van der Waals surface area (Å²) >= 11 is 1.56. The van der Waals surface area contributed by atoms with Gasteiger partial charge in [-0.2, -0.15) is 0 Å². The van der Waals surface area contributed by atoms with Crippen LogP contribution in [-0.2, 0) is 4.79 Å². The van der Waals surface area contributed by atoms with E-state index in [1.54, 1.807) is 11.8 Å². The van der Waals surface area contributed by atoms with Crippen molar-refractivity contribution in [3.63, 3.8) is 0 Å². The van der Waals surface area contributed by atoms with Gasteiger partial charge in [0.15, 0.2) is 0 Å². The van der Waals surface area contributed by atoms with Crippen molar-refractivity contribution >= 4 is 29.3 Å². The third-order valence-corrected chi connectivity index (χ3v) is 5.25. The Kier molecular flexibility index (Phi) is 5.43. The van der Waals surface area contributed by atoms with Gasteiger partial charge in [-0.25, -0.2) is 0 Å². The number of thioether (sulfide) groups is 1. The average molecular weight is 354 g/mol. The normalized spacial score (nSPS) is 17.0. The van der Waals surface area contributed by atoms with Gasteiger partial charge in [0, 0.05) is 36.0 Å². The Morgan fingerprint density at radius 1 is 1.20 bits per heavy atom. The largest absolute Gasteiger partial charge is 0.352 e. The van der Waals surface area contributed by atoms with E-state index >= 15 is 0 Å². The molecule has 0 unspecified atom stereocenters. The van der Waals surface area contributed by atoms with Crippen LogP contribution in [0.3, 0.4) is 0 Å². The topological polar surface area (TPSA) is 49.4 Å². The molecule has 1 aliphatic rings. The molecular weight excluding hydrogens is 332 g/mol. The van der Waals surface area contributed by atoms with Gasteiger partial charge in [0.05, 0.1) is 5.56 Å². The second-order valence-corrected chi connectivity index (χ2v) is 7.17. The number of benzene rings is 2. The smallest absolute Gasteiger partial charge is 0.252 e. The zero-order valence-electron chi connectivity index (χ0n) is 14.5. The molecule has 3 rings (SSSR count). The van der Waals surface area contributed by atoms with Gasteiger partial charge in [-0.3, -0.25) is 9.59 Å². The van der Waals surface area contributed by atoms with Gasteiger partial charge in [0.25, 0.3) is 5.91 Å². The van der Waals surface area contributed by atoms with Gasteiger partial charge in [-0.15, -0.1) is 11.8 Å². The zero-order chi connectivity index (χ0) is 17.8. The minimum absolute atomic E-state index is 0.0776. The van der Waals surface area contributed by atoms with E-state index in [0.717, 1.165) is 10.6 Å². The maximum atomic E-state index is 12.4. The standard InChI is InChI=1S/C20H22N2O2S/c1-14-7-9-16(10-8-14)22-13-15(11-19(22)23)12-21-20(24)17-5-3-4-6-18(17)25-2/h3-10,15H,11-13H2,1-2H3,(H,21,24)/t15-/m1/s1. The summed E-state index contributed by atoms with van der Waals surface area (Å²) in [5.41, 5.74) is 2.79. The SMILES string of the molecule is CSc1ccccc1C(=O)NC[C@H]1CC(=O)N(c2ccc(C)cc2)C1. The lowest BCUT2D eigenvalue weighted by Crippen LogP contribution is -2.31. The molecular formula is C20H22N2O2S. The Bertz CT molecular complexity index is 774. The number of amides is 2. The number of carbonyl (C=O) groups is 2. The highest BCUT2D eigenvalue weighted by atomic mass is 32.2. The van der Waals surface area contributed by atoms with Crippen LogP contribution in [0.4, 0.5) is 5.69 Å². The summed E-state index contributed by atoms with van der Waals surface area (Å²) in [5, 5.41) is 2.99. The van der Waals surface area contributed by atoms with E-state index in [0.29, 0.717) is 25.1 Å². The molecule has 2 aromatic carbocycles. The fourth-order valence-corrected chi connectivity index (χ4v) is 3.65. The number of nitrogens with one attached hydrogen (secondary N) is 1. The zero-order valence-corrected chi connectivity index (χ0v) is 15.3. The molecule has 1 N–H and O–H groups in total. The monoisotopic (exact) mass is 354 g/mol. The first-order valence-corrected chi connectivity index (χ1v) is 9.59. The minimum atomic E-state index is -0.0776. The van der Waals surface area contributed by atoms with Crippen LogP contribution in [0, 0.1) is 12.8 Å². The molecule has 0 radical (unpaired) electrons. The quantitative estimate of drug-likeness (QED) is 0.836. The van der Waals surface area contributed by atoms with Gasteiger partial charge in [0.2, 0.25) is 5.91 Å². The number of hydrogen-bond acceptors (Lipinski definition) is 3. The third-order valence-electron chi connectivity index (χ3n) is 4.45. The summed E-state index contributed by atoms with van der Waals surface area (Å²) in [6.07, 6.45) is 2.43. The van der Waals surface area contributed by atoms with Crippen LogP contribution < -0.4 is 10.2 Å². The van der Waals surface area contributed by atoms with Crippen LogP contribution in [0.25, 0.3) is 0 Å². The number of anilines is 1. The maximum absolute atomic E-state index is 12.4. The van der Waals surface area contributed by atoms with Crippen molar-refractivity contribution in [1.29, 1.82) is 0 Å². The lowest BCUT2D eigenvalue weighted by Gasteiger charge is -2.17. The molecule has 5 heteroatoms. The summed E-state index contributed by atoms with van der Waals surface area (Å²) in [6, 6.07) is 15.5. The number of nitrogens with zero attached hydrogens (tertiary/aromatic N) is 1. The third kappa shape index (κ3) is 4.04. The summed E-state index contributed by atoms with van der Waals surface area (Å²) in [5.74, 6) is 0.179.